The van der Waals surface area contributed by atoms with Gasteiger partial charge in [-0.15, -0.1) is 0 Å². The van der Waals surface area contributed by atoms with Crippen LogP contribution in [0.4, 0.5) is 5.69 Å². The Morgan fingerprint density at radius 1 is 1.21 bits per heavy atom. The molecule has 100 valence electrons. The Hall–Kier alpha value is -1.19. The van der Waals surface area contributed by atoms with Crippen LogP contribution in [0.25, 0.3) is 0 Å². The van der Waals surface area contributed by atoms with Crippen LogP contribution in [0, 0.1) is 6.92 Å². The van der Waals surface area contributed by atoms with Crippen molar-refractivity contribution in [2.24, 2.45) is 0 Å². The normalized spacial score (nSPS) is 10.3. The van der Waals surface area contributed by atoms with E-state index in [-0.39, 0.29) is 0 Å². The van der Waals surface area contributed by atoms with Crippen LogP contribution in [0.15, 0.2) is 40.9 Å². The molecule has 1 N–H and O–H groups in total. The molecule has 0 heterocycles. The van der Waals surface area contributed by atoms with Crippen LogP contribution in [0.5, 0.6) is 5.75 Å². The van der Waals surface area contributed by atoms with Gasteiger partial charge in [0.25, 0.3) is 0 Å². The number of hydrogen-bond acceptors (Lipinski definition) is 2. The number of nitrogens with one attached hydrogen (secondary N) is 1. The zero-order chi connectivity index (χ0) is 13.8. The molecule has 0 atom stereocenters. The molecule has 19 heavy (non-hydrogen) atoms. The van der Waals surface area contributed by atoms with E-state index in [1.54, 1.807) is 7.11 Å². The van der Waals surface area contributed by atoms with Crippen molar-refractivity contribution in [2.75, 3.05) is 12.4 Å². The number of aryl methyl sites for hydroxylation is 1. The Morgan fingerprint density at radius 3 is 2.68 bits per heavy atom. The summed E-state index contributed by atoms with van der Waals surface area (Å²) in [4.78, 5) is 0. The average molecular weight is 341 g/mol. The zero-order valence-corrected chi connectivity index (χ0v) is 13.2. The molecule has 2 aromatic rings. The van der Waals surface area contributed by atoms with Crippen LogP contribution in [-0.2, 0) is 6.54 Å². The van der Waals surface area contributed by atoms with Crippen molar-refractivity contribution >= 4 is 33.2 Å². The van der Waals surface area contributed by atoms with E-state index in [1.807, 2.05) is 18.2 Å². The topological polar surface area (TPSA) is 21.3 Å². The Balaban J connectivity index is 2.14. The van der Waals surface area contributed by atoms with E-state index in [0.29, 0.717) is 11.6 Å². The molecule has 0 aromatic heterocycles. The summed E-state index contributed by atoms with van der Waals surface area (Å²) in [7, 11) is 1.64. The fourth-order valence-electron chi connectivity index (χ4n) is 1.75. The van der Waals surface area contributed by atoms with Crippen molar-refractivity contribution in [3.63, 3.8) is 0 Å². The summed E-state index contributed by atoms with van der Waals surface area (Å²) in [5.74, 6) is 0.787. The van der Waals surface area contributed by atoms with Gasteiger partial charge in [0, 0.05) is 17.1 Å². The summed E-state index contributed by atoms with van der Waals surface area (Å²) >= 11 is 9.72. The average Bonchev–Trinajstić information content (AvgIpc) is 2.39. The van der Waals surface area contributed by atoms with Crippen LogP contribution >= 0.6 is 27.5 Å². The molecule has 0 unspecified atom stereocenters. The Labute approximate surface area is 126 Å². The van der Waals surface area contributed by atoms with E-state index in [4.69, 9.17) is 16.3 Å². The van der Waals surface area contributed by atoms with E-state index in [1.165, 1.54) is 11.1 Å². The van der Waals surface area contributed by atoms with Gasteiger partial charge in [0.05, 0.1) is 17.8 Å². The highest BCUT2D eigenvalue weighted by Crippen LogP contribution is 2.28. The summed E-state index contributed by atoms with van der Waals surface area (Å²) in [6.45, 7) is 2.77. The minimum atomic E-state index is 0.684. The molecule has 0 saturated heterocycles. The fourth-order valence-corrected chi connectivity index (χ4v) is 2.57. The quantitative estimate of drug-likeness (QED) is 0.842. The van der Waals surface area contributed by atoms with E-state index >= 15 is 0 Å². The molecular formula is C15H15BrClNO. The molecule has 0 aliphatic rings. The summed E-state index contributed by atoms with van der Waals surface area (Å²) in [6.07, 6.45) is 0. The number of methoxy groups -OCH3 is 1. The first-order valence-corrected chi connectivity index (χ1v) is 7.09. The number of benzene rings is 2. The van der Waals surface area contributed by atoms with E-state index in [2.05, 4.69) is 46.4 Å². The highest BCUT2D eigenvalue weighted by Gasteiger charge is 2.04. The molecule has 0 aliphatic heterocycles. The first-order chi connectivity index (χ1) is 9.10. The minimum Gasteiger partial charge on any atom is -0.497 e. The van der Waals surface area contributed by atoms with Gasteiger partial charge in [-0.1, -0.05) is 39.7 Å². The third kappa shape index (κ3) is 3.64. The summed E-state index contributed by atoms with van der Waals surface area (Å²) in [5, 5.41) is 4.01. The lowest BCUT2D eigenvalue weighted by molar-refractivity contribution is 0.415. The first kappa shape index (κ1) is 14.2. The summed E-state index contributed by atoms with van der Waals surface area (Å²) < 4.78 is 6.29. The fraction of sp³-hybridized carbons (Fsp3) is 0.200. The predicted octanol–water partition coefficient (Wildman–Crippen LogP) is 5.03. The Bertz CT molecular complexity index is 586. The van der Waals surface area contributed by atoms with E-state index in [0.717, 1.165) is 15.9 Å². The Morgan fingerprint density at radius 2 is 2.00 bits per heavy atom. The number of anilines is 1. The van der Waals surface area contributed by atoms with Crippen LogP contribution < -0.4 is 10.1 Å². The third-order valence-electron chi connectivity index (χ3n) is 2.85. The van der Waals surface area contributed by atoms with Crippen LogP contribution in [0.2, 0.25) is 5.02 Å². The van der Waals surface area contributed by atoms with Gasteiger partial charge in [-0.2, -0.15) is 0 Å². The van der Waals surface area contributed by atoms with Crippen molar-refractivity contribution in [2.45, 2.75) is 13.5 Å². The Kier molecular flexibility index (Phi) is 4.72. The molecule has 0 saturated carbocycles. The molecule has 0 amide bonds. The second kappa shape index (κ2) is 6.31. The lowest BCUT2D eigenvalue weighted by Crippen LogP contribution is -2.01. The first-order valence-electron chi connectivity index (χ1n) is 5.92. The largest absolute Gasteiger partial charge is 0.497 e. The number of rotatable bonds is 4. The van der Waals surface area contributed by atoms with E-state index < -0.39 is 0 Å². The molecular weight excluding hydrogens is 326 g/mol. The second-order valence-electron chi connectivity index (χ2n) is 4.29. The minimum absolute atomic E-state index is 0.684. The van der Waals surface area contributed by atoms with Crippen LogP contribution in [0.1, 0.15) is 11.1 Å². The van der Waals surface area contributed by atoms with Gasteiger partial charge in [0.15, 0.2) is 0 Å². The zero-order valence-electron chi connectivity index (χ0n) is 10.8. The van der Waals surface area contributed by atoms with Gasteiger partial charge in [-0.3, -0.25) is 0 Å². The lowest BCUT2D eigenvalue weighted by Gasteiger charge is -2.11. The molecule has 0 fully saturated rings. The van der Waals surface area contributed by atoms with Crippen LogP contribution in [-0.4, -0.2) is 7.11 Å². The third-order valence-corrected chi connectivity index (χ3v) is 3.92. The van der Waals surface area contributed by atoms with Gasteiger partial charge in [-0.25, -0.2) is 0 Å². The maximum atomic E-state index is 6.15. The maximum absolute atomic E-state index is 6.15. The summed E-state index contributed by atoms with van der Waals surface area (Å²) in [5.41, 5.74) is 3.29. The summed E-state index contributed by atoms with van der Waals surface area (Å²) in [6, 6.07) is 11.9. The second-order valence-corrected chi connectivity index (χ2v) is 5.56. The van der Waals surface area contributed by atoms with Gasteiger partial charge in [-0.05, 0) is 36.2 Å². The molecule has 2 aromatic carbocycles. The molecule has 0 bridgehead atoms. The smallest absolute Gasteiger partial charge is 0.121 e. The van der Waals surface area contributed by atoms with Crippen molar-refractivity contribution in [3.8, 4) is 5.75 Å². The van der Waals surface area contributed by atoms with Gasteiger partial charge >= 0.3 is 0 Å². The maximum Gasteiger partial charge on any atom is 0.121 e. The molecule has 2 rings (SSSR count). The molecule has 0 spiro atoms. The monoisotopic (exact) mass is 339 g/mol. The SMILES string of the molecule is COc1ccc(Cl)c(NCc2ccc(C)cc2Br)c1. The highest BCUT2D eigenvalue weighted by molar-refractivity contribution is 9.10. The number of ether oxygens (including phenoxy) is 1. The van der Waals surface area contributed by atoms with Crippen LogP contribution in [0.3, 0.4) is 0 Å². The van der Waals surface area contributed by atoms with Crippen molar-refractivity contribution < 1.29 is 4.74 Å². The highest BCUT2D eigenvalue weighted by atomic mass is 79.9. The van der Waals surface area contributed by atoms with Crippen molar-refractivity contribution in [1.82, 2.24) is 0 Å². The number of halogens is 2. The van der Waals surface area contributed by atoms with Crippen molar-refractivity contribution in [1.29, 1.82) is 0 Å². The number of hydrogen-bond donors (Lipinski definition) is 1. The van der Waals surface area contributed by atoms with Gasteiger partial charge in [0.1, 0.15) is 5.75 Å². The standard InChI is InChI=1S/C15H15BrClNO/c1-10-3-4-11(13(16)7-10)9-18-15-8-12(19-2)5-6-14(15)17/h3-8,18H,9H2,1-2H3. The van der Waals surface area contributed by atoms with E-state index in [9.17, 15) is 0 Å². The van der Waals surface area contributed by atoms with Gasteiger partial charge < -0.3 is 10.1 Å². The lowest BCUT2D eigenvalue weighted by atomic mass is 10.1. The molecule has 0 aliphatic carbocycles. The molecule has 0 radical (unpaired) electrons. The molecule has 2 nitrogen and oxygen atoms in total. The predicted molar refractivity (Wildman–Crippen MR) is 84.2 cm³/mol. The molecule has 4 heteroatoms. The van der Waals surface area contributed by atoms with Crippen molar-refractivity contribution in [3.05, 3.63) is 57.0 Å². The van der Waals surface area contributed by atoms with Gasteiger partial charge in [0.2, 0.25) is 0 Å².